The van der Waals surface area contributed by atoms with Crippen molar-refractivity contribution in [2.75, 3.05) is 0 Å². The predicted molar refractivity (Wildman–Crippen MR) is 112 cm³/mol. The van der Waals surface area contributed by atoms with Crippen LogP contribution in [0.15, 0.2) is 23.6 Å². The summed E-state index contributed by atoms with van der Waals surface area (Å²) < 4.78 is 0. The van der Waals surface area contributed by atoms with Crippen LogP contribution in [-0.4, -0.2) is 10.9 Å². The van der Waals surface area contributed by atoms with E-state index in [0.29, 0.717) is 17.6 Å². The van der Waals surface area contributed by atoms with Gasteiger partial charge in [-0.2, -0.15) is 0 Å². The second-order valence-electron chi connectivity index (χ2n) is 7.97. The number of allylic oxidation sites excluding steroid dienone is 1. The van der Waals surface area contributed by atoms with Crippen molar-refractivity contribution < 1.29 is 9.90 Å². The molecule has 0 fully saturated rings. The molecule has 2 rings (SSSR count). The molecule has 0 saturated heterocycles. The first-order valence-electron chi connectivity index (χ1n) is 9.30. The molecule has 3 heteroatoms. The first kappa shape index (κ1) is 20.4. The van der Waals surface area contributed by atoms with Gasteiger partial charge in [0.2, 0.25) is 0 Å². The summed E-state index contributed by atoms with van der Waals surface area (Å²) in [5.41, 5.74) is 5.15. The molecular weight excluding hydrogens is 340 g/mol. The number of aryl methyl sites for hydroxylation is 2. The quantitative estimate of drug-likeness (QED) is 0.454. The van der Waals surface area contributed by atoms with Crippen LogP contribution in [0.5, 0.6) is 5.75 Å². The summed E-state index contributed by atoms with van der Waals surface area (Å²) in [5, 5.41) is 12.1. The first-order valence-corrected chi connectivity index (χ1v) is 10.2. The summed E-state index contributed by atoms with van der Waals surface area (Å²) in [6, 6.07) is 3.81. The number of aromatic hydroxyl groups is 1. The Morgan fingerprint density at radius 3 is 2.19 bits per heavy atom. The van der Waals surface area contributed by atoms with E-state index in [1.54, 1.807) is 17.4 Å². The van der Waals surface area contributed by atoms with Crippen LogP contribution in [-0.2, 0) is 12.8 Å². The fourth-order valence-electron chi connectivity index (χ4n) is 3.20. The van der Waals surface area contributed by atoms with Crippen LogP contribution in [0.1, 0.15) is 65.2 Å². The van der Waals surface area contributed by atoms with Crippen LogP contribution in [0, 0.1) is 25.7 Å². The predicted octanol–water partition coefficient (Wildman–Crippen LogP) is 6.36. The minimum Gasteiger partial charge on any atom is -0.507 e. The molecule has 140 valence electrons. The molecule has 0 bridgehead atoms. The molecule has 1 N–H and O–H groups in total. The number of phenols is 1. The Labute approximate surface area is 161 Å². The van der Waals surface area contributed by atoms with Crippen LogP contribution in [0.25, 0.3) is 6.08 Å². The van der Waals surface area contributed by atoms with Gasteiger partial charge in [-0.1, -0.05) is 33.8 Å². The average Bonchev–Trinajstić information content (AvgIpc) is 2.91. The molecule has 0 unspecified atom stereocenters. The maximum atomic E-state index is 12.8. The number of hydrogen-bond acceptors (Lipinski definition) is 3. The SMILES string of the molecule is Cc1cc(/C=C/C(=O)c2scc(CC(C)C)c2CC(C)C)cc(C)c1O. The zero-order chi connectivity index (χ0) is 19.4. The number of carbonyl (C=O) groups excluding carboxylic acids is 1. The van der Waals surface area contributed by atoms with Gasteiger partial charge in [-0.05, 0) is 89.9 Å². The number of ketones is 1. The number of benzene rings is 1. The minimum atomic E-state index is 0.0732. The van der Waals surface area contributed by atoms with Crippen molar-refractivity contribution in [1.82, 2.24) is 0 Å². The van der Waals surface area contributed by atoms with Crippen molar-refractivity contribution in [3.63, 3.8) is 0 Å². The zero-order valence-corrected chi connectivity index (χ0v) is 17.5. The molecule has 26 heavy (non-hydrogen) atoms. The maximum Gasteiger partial charge on any atom is 0.196 e. The molecule has 0 aliphatic heterocycles. The number of hydrogen-bond donors (Lipinski definition) is 1. The molecule has 1 aromatic heterocycles. The Kier molecular flexibility index (Phi) is 6.82. The van der Waals surface area contributed by atoms with E-state index in [9.17, 15) is 9.90 Å². The van der Waals surface area contributed by atoms with Crippen LogP contribution in [0.4, 0.5) is 0 Å². The number of thiophene rings is 1. The molecule has 0 saturated carbocycles. The molecule has 0 amide bonds. The fraction of sp³-hybridized carbons (Fsp3) is 0.435. The highest BCUT2D eigenvalue weighted by atomic mass is 32.1. The largest absolute Gasteiger partial charge is 0.507 e. The Morgan fingerprint density at radius 1 is 1.08 bits per heavy atom. The van der Waals surface area contributed by atoms with E-state index >= 15 is 0 Å². The summed E-state index contributed by atoms with van der Waals surface area (Å²) in [4.78, 5) is 13.7. The maximum absolute atomic E-state index is 12.8. The summed E-state index contributed by atoms with van der Waals surface area (Å²) in [6.07, 6.45) is 5.48. The Morgan fingerprint density at radius 2 is 1.65 bits per heavy atom. The van der Waals surface area contributed by atoms with Crippen molar-refractivity contribution in [2.24, 2.45) is 11.8 Å². The van der Waals surface area contributed by atoms with E-state index in [1.165, 1.54) is 11.1 Å². The van der Waals surface area contributed by atoms with E-state index in [-0.39, 0.29) is 5.78 Å². The highest BCUT2D eigenvalue weighted by Gasteiger charge is 2.18. The Balaban J connectivity index is 2.30. The molecule has 0 radical (unpaired) electrons. The zero-order valence-electron chi connectivity index (χ0n) is 16.7. The van der Waals surface area contributed by atoms with Crippen molar-refractivity contribution >= 4 is 23.2 Å². The molecule has 1 heterocycles. The summed E-state index contributed by atoms with van der Waals surface area (Å²) in [5.74, 6) is 1.50. The lowest BCUT2D eigenvalue weighted by atomic mass is 9.94. The lowest BCUT2D eigenvalue weighted by Crippen LogP contribution is -2.05. The van der Waals surface area contributed by atoms with Crippen molar-refractivity contribution in [1.29, 1.82) is 0 Å². The molecule has 0 spiro atoms. The summed E-state index contributed by atoms with van der Waals surface area (Å²) in [6.45, 7) is 12.6. The molecule has 2 nitrogen and oxygen atoms in total. The number of rotatable bonds is 7. The van der Waals surface area contributed by atoms with E-state index in [4.69, 9.17) is 0 Å². The molecule has 0 atom stereocenters. The van der Waals surface area contributed by atoms with Crippen molar-refractivity contribution in [3.8, 4) is 5.75 Å². The van der Waals surface area contributed by atoms with Crippen molar-refractivity contribution in [2.45, 2.75) is 54.4 Å². The summed E-state index contributed by atoms with van der Waals surface area (Å²) in [7, 11) is 0. The minimum absolute atomic E-state index is 0.0732. The number of carbonyl (C=O) groups is 1. The third kappa shape index (κ3) is 5.07. The van der Waals surface area contributed by atoms with E-state index < -0.39 is 0 Å². The Hall–Kier alpha value is -1.87. The molecule has 0 aliphatic rings. The first-order chi connectivity index (χ1) is 12.2. The standard InChI is InChI=1S/C23H30O2S/c1-14(2)9-19-13-26-23(20(19)10-15(3)4)21(24)8-7-18-11-16(5)22(25)17(6)12-18/h7-8,11-15,25H,9-10H2,1-6H3/b8-7+. The average molecular weight is 371 g/mol. The topological polar surface area (TPSA) is 37.3 Å². The lowest BCUT2D eigenvalue weighted by molar-refractivity contribution is 0.105. The number of phenolic OH excluding ortho intramolecular Hbond substituents is 1. The van der Waals surface area contributed by atoms with Gasteiger partial charge < -0.3 is 5.11 Å². The van der Waals surface area contributed by atoms with Gasteiger partial charge in [0.25, 0.3) is 0 Å². The van der Waals surface area contributed by atoms with E-state index in [0.717, 1.165) is 34.4 Å². The normalized spacial score (nSPS) is 11.8. The fourth-order valence-corrected chi connectivity index (χ4v) is 4.24. The highest BCUT2D eigenvalue weighted by Crippen LogP contribution is 2.29. The molecular formula is C23H30O2S. The van der Waals surface area contributed by atoms with Gasteiger partial charge in [0.1, 0.15) is 5.75 Å². The van der Waals surface area contributed by atoms with Crippen molar-refractivity contribution in [3.05, 3.63) is 56.3 Å². The Bertz CT molecular complexity index is 787. The monoisotopic (exact) mass is 370 g/mol. The van der Waals surface area contributed by atoms with Gasteiger partial charge in [-0.25, -0.2) is 0 Å². The van der Waals surface area contributed by atoms with Gasteiger partial charge in [-0.15, -0.1) is 11.3 Å². The van der Waals surface area contributed by atoms with Gasteiger partial charge in [-0.3, -0.25) is 4.79 Å². The van der Waals surface area contributed by atoms with Crippen LogP contribution in [0.2, 0.25) is 0 Å². The highest BCUT2D eigenvalue weighted by molar-refractivity contribution is 7.12. The third-order valence-corrected chi connectivity index (χ3v) is 5.47. The van der Waals surface area contributed by atoms with Crippen LogP contribution >= 0.6 is 11.3 Å². The smallest absolute Gasteiger partial charge is 0.196 e. The summed E-state index contributed by atoms with van der Waals surface area (Å²) >= 11 is 1.57. The van der Waals surface area contributed by atoms with E-state index in [1.807, 2.05) is 32.1 Å². The van der Waals surface area contributed by atoms with Gasteiger partial charge in [0, 0.05) is 0 Å². The van der Waals surface area contributed by atoms with E-state index in [2.05, 4.69) is 33.1 Å². The second kappa shape index (κ2) is 8.68. The van der Waals surface area contributed by atoms with Crippen LogP contribution < -0.4 is 0 Å². The lowest BCUT2D eigenvalue weighted by Gasteiger charge is -2.11. The second-order valence-corrected chi connectivity index (χ2v) is 8.85. The molecule has 0 aliphatic carbocycles. The van der Waals surface area contributed by atoms with Gasteiger partial charge >= 0.3 is 0 Å². The molecule has 1 aromatic carbocycles. The van der Waals surface area contributed by atoms with Gasteiger partial charge in [0.15, 0.2) is 5.78 Å². The molecule has 2 aromatic rings. The van der Waals surface area contributed by atoms with Crippen LogP contribution in [0.3, 0.4) is 0 Å². The third-order valence-electron chi connectivity index (χ3n) is 4.39. The van der Waals surface area contributed by atoms with Gasteiger partial charge in [0.05, 0.1) is 4.88 Å².